The summed E-state index contributed by atoms with van der Waals surface area (Å²) in [6, 6.07) is 18.6. The van der Waals surface area contributed by atoms with Crippen LogP contribution in [0.5, 0.6) is 5.75 Å². The van der Waals surface area contributed by atoms with Crippen LogP contribution in [-0.4, -0.2) is 60.5 Å². The number of carbonyl (C=O) groups is 1. The SMILES string of the molecule is CN(Cc1cccc(OCCNC(=O)C2CCCCCN2C)c1)Cc1cccc2cccnc12. The van der Waals surface area contributed by atoms with Crippen molar-refractivity contribution in [1.29, 1.82) is 0 Å². The van der Waals surface area contributed by atoms with E-state index >= 15 is 0 Å². The van der Waals surface area contributed by atoms with Gasteiger partial charge in [0.05, 0.1) is 18.1 Å². The number of hydrogen-bond donors (Lipinski definition) is 1. The van der Waals surface area contributed by atoms with E-state index in [1.807, 2.05) is 31.4 Å². The summed E-state index contributed by atoms with van der Waals surface area (Å²) < 4.78 is 5.94. The summed E-state index contributed by atoms with van der Waals surface area (Å²) in [6.45, 7) is 3.60. The van der Waals surface area contributed by atoms with Crippen LogP contribution in [0, 0.1) is 0 Å². The Kier molecular flexibility index (Phi) is 8.50. The van der Waals surface area contributed by atoms with Gasteiger partial charge in [-0.3, -0.25) is 19.6 Å². The Morgan fingerprint density at radius 1 is 1.12 bits per heavy atom. The highest BCUT2D eigenvalue weighted by atomic mass is 16.5. The Hall–Kier alpha value is -2.96. The van der Waals surface area contributed by atoms with Crippen molar-refractivity contribution in [2.45, 2.75) is 44.8 Å². The van der Waals surface area contributed by atoms with Crippen LogP contribution in [0.25, 0.3) is 10.9 Å². The third kappa shape index (κ3) is 6.55. The molecule has 1 fully saturated rings. The van der Waals surface area contributed by atoms with E-state index in [0.29, 0.717) is 13.2 Å². The molecule has 180 valence electrons. The van der Waals surface area contributed by atoms with Gasteiger partial charge in [-0.2, -0.15) is 0 Å². The highest BCUT2D eigenvalue weighted by molar-refractivity contribution is 5.82. The first kappa shape index (κ1) is 24.2. The van der Waals surface area contributed by atoms with Gasteiger partial charge in [0.25, 0.3) is 0 Å². The fourth-order valence-electron chi connectivity index (χ4n) is 4.73. The lowest BCUT2D eigenvalue weighted by Gasteiger charge is -2.24. The number of ether oxygens (including phenoxy) is 1. The van der Waals surface area contributed by atoms with Crippen LogP contribution in [0.15, 0.2) is 60.8 Å². The lowest BCUT2D eigenvalue weighted by atomic mass is 10.1. The van der Waals surface area contributed by atoms with Crippen molar-refractivity contribution in [3.63, 3.8) is 0 Å². The molecule has 6 heteroatoms. The van der Waals surface area contributed by atoms with Crippen molar-refractivity contribution in [2.24, 2.45) is 0 Å². The monoisotopic (exact) mass is 460 g/mol. The molecule has 1 saturated heterocycles. The van der Waals surface area contributed by atoms with Crippen LogP contribution in [0.2, 0.25) is 0 Å². The maximum atomic E-state index is 12.6. The number of carbonyl (C=O) groups excluding carboxylic acids is 1. The fourth-order valence-corrected chi connectivity index (χ4v) is 4.73. The topological polar surface area (TPSA) is 57.7 Å². The van der Waals surface area contributed by atoms with E-state index in [9.17, 15) is 4.79 Å². The van der Waals surface area contributed by atoms with Crippen LogP contribution < -0.4 is 10.1 Å². The maximum absolute atomic E-state index is 12.6. The predicted octanol–water partition coefficient (Wildman–Crippen LogP) is 4.24. The molecule has 1 N–H and O–H groups in total. The fraction of sp³-hybridized carbons (Fsp3) is 0.429. The van der Waals surface area contributed by atoms with Crippen molar-refractivity contribution in [2.75, 3.05) is 33.8 Å². The second-order valence-corrected chi connectivity index (χ2v) is 9.30. The van der Waals surface area contributed by atoms with Gasteiger partial charge >= 0.3 is 0 Å². The molecule has 4 rings (SSSR count). The predicted molar refractivity (Wildman–Crippen MR) is 137 cm³/mol. The number of hydrogen-bond acceptors (Lipinski definition) is 5. The van der Waals surface area contributed by atoms with Crippen LogP contribution >= 0.6 is 0 Å². The number of amides is 1. The molecule has 0 bridgehead atoms. The number of para-hydroxylation sites is 1. The number of aromatic nitrogens is 1. The van der Waals surface area contributed by atoms with Gasteiger partial charge in [0, 0.05) is 24.7 Å². The first-order valence-corrected chi connectivity index (χ1v) is 12.3. The molecule has 34 heavy (non-hydrogen) atoms. The smallest absolute Gasteiger partial charge is 0.237 e. The number of rotatable bonds is 9. The third-order valence-electron chi connectivity index (χ3n) is 6.50. The average molecular weight is 461 g/mol. The summed E-state index contributed by atoms with van der Waals surface area (Å²) in [6.07, 6.45) is 6.30. The van der Waals surface area contributed by atoms with Gasteiger partial charge in [-0.25, -0.2) is 0 Å². The second-order valence-electron chi connectivity index (χ2n) is 9.30. The minimum atomic E-state index is -0.0155. The van der Waals surface area contributed by atoms with Crippen LogP contribution in [0.4, 0.5) is 0 Å². The summed E-state index contributed by atoms with van der Waals surface area (Å²) >= 11 is 0. The van der Waals surface area contributed by atoms with E-state index in [1.54, 1.807) is 0 Å². The molecule has 1 unspecified atom stereocenters. The lowest BCUT2D eigenvalue weighted by Crippen LogP contribution is -2.45. The number of fused-ring (bicyclic) bond motifs is 1. The molecule has 0 radical (unpaired) electrons. The number of likely N-dealkylation sites (tertiary alicyclic amines) is 1. The molecule has 0 aliphatic carbocycles. The maximum Gasteiger partial charge on any atom is 0.237 e. The summed E-state index contributed by atoms with van der Waals surface area (Å²) in [5, 5.41) is 4.22. The molecule has 6 nitrogen and oxygen atoms in total. The van der Waals surface area contributed by atoms with Crippen molar-refractivity contribution < 1.29 is 9.53 Å². The molecule has 1 atom stereocenters. The molecule has 1 aromatic heterocycles. The minimum absolute atomic E-state index is 0.0155. The van der Waals surface area contributed by atoms with Gasteiger partial charge in [-0.1, -0.05) is 49.2 Å². The Morgan fingerprint density at radius 2 is 1.97 bits per heavy atom. The standard InChI is InChI=1S/C28H36N4O2/c1-31(21-24-11-7-10-23-12-8-15-29-27(23)24)20-22-9-6-13-25(19-22)34-18-16-30-28(33)26-14-4-3-5-17-32(26)2/h6-13,15,19,26H,3-5,14,16-18,20-21H2,1-2H3,(H,30,33). The molecular weight excluding hydrogens is 424 g/mol. The van der Waals surface area contributed by atoms with Crippen molar-refractivity contribution >= 4 is 16.8 Å². The van der Waals surface area contributed by atoms with E-state index < -0.39 is 0 Å². The molecule has 3 aromatic rings. The number of pyridine rings is 1. The Balaban J connectivity index is 1.25. The van der Waals surface area contributed by atoms with Crippen LogP contribution in [0.1, 0.15) is 36.8 Å². The summed E-state index contributed by atoms with van der Waals surface area (Å²) in [4.78, 5) is 21.6. The number of benzene rings is 2. The Bertz CT molecular complexity index is 1080. The second kappa shape index (κ2) is 12.0. The van der Waals surface area contributed by atoms with E-state index in [1.165, 1.54) is 29.4 Å². The van der Waals surface area contributed by atoms with E-state index in [4.69, 9.17) is 4.74 Å². The van der Waals surface area contributed by atoms with Gasteiger partial charge in [0.1, 0.15) is 12.4 Å². The first-order chi connectivity index (χ1) is 16.6. The van der Waals surface area contributed by atoms with Gasteiger partial charge in [0.2, 0.25) is 5.91 Å². The quantitative estimate of drug-likeness (QED) is 0.484. The van der Waals surface area contributed by atoms with Crippen LogP contribution in [-0.2, 0) is 17.9 Å². The van der Waals surface area contributed by atoms with E-state index in [-0.39, 0.29) is 11.9 Å². The van der Waals surface area contributed by atoms with Gasteiger partial charge in [-0.15, -0.1) is 0 Å². The molecule has 1 amide bonds. The Morgan fingerprint density at radius 3 is 2.88 bits per heavy atom. The third-order valence-corrected chi connectivity index (χ3v) is 6.50. The van der Waals surface area contributed by atoms with E-state index in [2.05, 4.69) is 63.5 Å². The molecule has 0 spiro atoms. The number of nitrogens with zero attached hydrogens (tertiary/aromatic N) is 3. The molecular formula is C28H36N4O2. The summed E-state index contributed by atoms with van der Waals surface area (Å²) in [5.41, 5.74) is 3.48. The molecule has 2 heterocycles. The minimum Gasteiger partial charge on any atom is -0.492 e. The van der Waals surface area contributed by atoms with Gasteiger partial charge in [-0.05, 0) is 62.8 Å². The van der Waals surface area contributed by atoms with Crippen molar-refractivity contribution in [3.8, 4) is 5.75 Å². The zero-order valence-corrected chi connectivity index (χ0v) is 20.4. The highest BCUT2D eigenvalue weighted by Crippen LogP contribution is 2.20. The first-order valence-electron chi connectivity index (χ1n) is 12.3. The van der Waals surface area contributed by atoms with Crippen molar-refractivity contribution in [1.82, 2.24) is 20.1 Å². The highest BCUT2D eigenvalue weighted by Gasteiger charge is 2.24. The normalized spacial score (nSPS) is 17.0. The van der Waals surface area contributed by atoms with Crippen LogP contribution in [0.3, 0.4) is 0 Å². The number of nitrogens with one attached hydrogen (secondary N) is 1. The zero-order chi connectivity index (χ0) is 23.8. The molecule has 2 aromatic carbocycles. The molecule has 1 aliphatic rings. The zero-order valence-electron chi connectivity index (χ0n) is 20.4. The summed E-state index contributed by atoms with van der Waals surface area (Å²) in [7, 11) is 4.17. The average Bonchev–Trinajstić information content (AvgIpc) is 3.06. The molecule has 1 aliphatic heterocycles. The van der Waals surface area contributed by atoms with Gasteiger partial charge < -0.3 is 10.1 Å². The molecule has 0 saturated carbocycles. The largest absolute Gasteiger partial charge is 0.492 e. The van der Waals surface area contributed by atoms with Crippen molar-refractivity contribution in [3.05, 3.63) is 71.9 Å². The van der Waals surface area contributed by atoms with Gasteiger partial charge in [0.15, 0.2) is 0 Å². The van der Waals surface area contributed by atoms with E-state index in [0.717, 1.165) is 43.7 Å². The number of likely N-dealkylation sites (N-methyl/N-ethyl adjacent to an activating group) is 1. The Labute approximate surface area is 202 Å². The summed E-state index contributed by atoms with van der Waals surface area (Å²) in [5.74, 6) is 0.949. The lowest BCUT2D eigenvalue weighted by molar-refractivity contribution is -0.126.